The standard InChI is InChI=1S/C16H13ClFNO2/c17-12-5-6-14-11(7-12)8-15(21-14)16(20)19-9-10-3-1-2-4-13(10)18/h1-7,15H,8-9H2,(H,19,20). The molecule has 2 aromatic carbocycles. The Kier molecular flexibility index (Phi) is 3.80. The van der Waals surface area contributed by atoms with Crippen LogP contribution in [0.15, 0.2) is 42.5 Å². The van der Waals surface area contributed by atoms with Crippen molar-refractivity contribution in [2.45, 2.75) is 19.1 Å². The number of halogens is 2. The summed E-state index contributed by atoms with van der Waals surface area (Å²) in [6.07, 6.45) is -0.121. The van der Waals surface area contributed by atoms with Crippen molar-refractivity contribution in [3.63, 3.8) is 0 Å². The second kappa shape index (κ2) is 5.74. The smallest absolute Gasteiger partial charge is 0.261 e. The van der Waals surface area contributed by atoms with Gasteiger partial charge in [-0.3, -0.25) is 4.79 Å². The van der Waals surface area contributed by atoms with Gasteiger partial charge in [0.05, 0.1) is 0 Å². The molecule has 21 heavy (non-hydrogen) atoms. The molecule has 2 aromatic rings. The van der Waals surface area contributed by atoms with Gasteiger partial charge in [-0.1, -0.05) is 29.8 Å². The first kappa shape index (κ1) is 13.9. The van der Waals surface area contributed by atoms with Crippen LogP contribution in [0.2, 0.25) is 5.02 Å². The van der Waals surface area contributed by atoms with Gasteiger partial charge in [-0.2, -0.15) is 0 Å². The molecule has 0 saturated heterocycles. The molecule has 3 rings (SSSR count). The van der Waals surface area contributed by atoms with Crippen molar-refractivity contribution < 1.29 is 13.9 Å². The van der Waals surface area contributed by atoms with Gasteiger partial charge >= 0.3 is 0 Å². The number of hydrogen-bond acceptors (Lipinski definition) is 2. The van der Waals surface area contributed by atoms with E-state index in [1.165, 1.54) is 6.07 Å². The monoisotopic (exact) mass is 305 g/mol. The zero-order valence-corrected chi connectivity index (χ0v) is 11.9. The van der Waals surface area contributed by atoms with Crippen LogP contribution in [0.25, 0.3) is 0 Å². The van der Waals surface area contributed by atoms with Gasteiger partial charge in [-0.05, 0) is 29.8 Å². The van der Waals surface area contributed by atoms with Crippen molar-refractivity contribution in [1.82, 2.24) is 5.32 Å². The number of nitrogens with one attached hydrogen (secondary N) is 1. The third kappa shape index (κ3) is 3.00. The maximum Gasteiger partial charge on any atom is 0.261 e. The van der Waals surface area contributed by atoms with Crippen LogP contribution < -0.4 is 10.1 Å². The lowest BCUT2D eigenvalue weighted by Crippen LogP contribution is -2.37. The number of rotatable bonds is 3. The molecule has 3 nitrogen and oxygen atoms in total. The van der Waals surface area contributed by atoms with Gasteiger partial charge in [0, 0.05) is 23.6 Å². The number of ether oxygens (including phenoxy) is 1. The summed E-state index contributed by atoms with van der Waals surface area (Å²) in [6.45, 7) is 0.141. The van der Waals surface area contributed by atoms with Gasteiger partial charge in [-0.25, -0.2) is 4.39 Å². The molecule has 1 unspecified atom stereocenters. The van der Waals surface area contributed by atoms with E-state index in [0.29, 0.717) is 22.8 Å². The highest BCUT2D eigenvalue weighted by atomic mass is 35.5. The zero-order valence-electron chi connectivity index (χ0n) is 11.1. The molecule has 1 N–H and O–H groups in total. The van der Waals surface area contributed by atoms with E-state index >= 15 is 0 Å². The number of benzene rings is 2. The fourth-order valence-electron chi connectivity index (χ4n) is 2.30. The van der Waals surface area contributed by atoms with E-state index in [1.807, 2.05) is 0 Å². The lowest BCUT2D eigenvalue weighted by Gasteiger charge is -2.11. The van der Waals surface area contributed by atoms with Crippen LogP contribution >= 0.6 is 11.6 Å². The Bertz CT molecular complexity index is 690. The maximum atomic E-state index is 13.5. The van der Waals surface area contributed by atoms with Crippen LogP contribution in [0, 0.1) is 5.82 Å². The highest BCUT2D eigenvalue weighted by molar-refractivity contribution is 6.30. The van der Waals surface area contributed by atoms with Crippen LogP contribution in [0.4, 0.5) is 4.39 Å². The largest absolute Gasteiger partial charge is 0.480 e. The molecular weight excluding hydrogens is 293 g/mol. The van der Waals surface area contributed by atoms with Gasteiger partial charge in [0.25, 0.3) is 5.91 Å². The minimum Gasteiger partial charge on any atom is -0.480 e. The molecule has 1 aliphatic heterocycles. The molecule has 1 amide bonds. The SMILES string of the molecule is O=C(NCc1ccccc1F)C1Cc2cc(Cl)ccc2O1. The normalized spacial score (nSPS) is 16.2. The van der Waals surface area contributed by atoms with E-state index in [-0.39, 0.29) is 18.3 Å². The Morgan fingerprint density at radius 2 is 2.14 bits per heavy atom. The second-order valence-corrected chi connectivity index (χ2v) is 5.31. The minimum absolute atomic E-state index is 0.141. The Hall–Kier alpha value is -2.07. The molecule has 5 heteroatoms. The van der Waals surface area contributed by atoms with E-state index < -0.39 is 6.10 Å². The quantitative estimate of drug-likeness (QED) is 0.946. The Morgan fingerprint density at radius 3 is 2.95 bits per heavy atom. The summed E-state index contributed by atoms with van der Waals surface area (Å²) >= 11 is 5.91. The van der Waals surface area contributed by atoms with Gasteiger partial charge in [0.2, 0.25) is 0 Å². The number of hydrogen-bond donors (Lipinski definition) is 1. The second-order valence-electron chi connectivity index (χ2n) is 4.87. The van der Waals surface area contributed by atoms with Crippen molar-refractivity contribution in [3.8, 4) is 5.75 Å². The van der Waals surface area contributed by atoms with E-state index in [0.717, 1.165) is 5.56 Å². The molecule has 0 fully saturated rings. The summed E-state index contributed by atoms with van der Waals surface area (Å²) in [5.74, 6) is 0.0798. The lowest BCUT2D eigenvalue weighted by molar-refractivity contribution is -0.127. The summed E-state index contributed by atoms with van der Waals surface area (Å²) in [6, 6.07) is 11.6. The number of amides is 1. The number of fused-ring (bicyclic) bond motifs is 1. The molecule has 0 radical (unpaired) electrons. The van der Waals surface area contributed by atoms with Crippen molar-refractivity contribution in [1.29, 1.82) is 0 Å². The average Bonchev–Trinajstić information content (AvgIpc) is 2.89. The van der Waals surface area contributed by atoms with E-state index in [2.05, 4.69) is 5.32 Å². The third-order valence-electron chi connectivity index (χ3n) is 3.40. The van der Waals surface area contributed by atoms with Crippen LogP contribution in [0.3, 0.4) is 0 Å². The molecule has 0 saturated carbocycles. The Labute approximate surface area is 126 Å². The fraction of sp³-hybridized carbons (Fsp3) is 0.188. The number of carbonyl (C=O) groups is 1. The molecule has 1 aliphatic rings. The van der Waals surface area contributed by atoms with Crippen LogP contribution in [-0.2, 0) is 17.8 Å². The molecule has 0 aliphatic carbocycles. The van der Waals surface area contributed by atoms with Crippen LogP contribution in [0.5, 0.6) is 5.75 Å². The summed E-state index contributed by atoms with van der Waals surface area (Å²) in [4.78, 5) is 12.1. The third-order valence-corrected chi connectivity index (χ3v) is 3.64. The van der Waals surface area contributed by atoms with Crippen molar-refractivity contribution in [2.75, 3.05) is 0 Å². The average molecular weight is 306 g/mol. The molecule has 0 aromatic heterocycles. The molecule has 108 valence electrons. The predicted octanol–water partition coefficient (Wildman–Crippen LogP) is 3.10. The van der Waals surface area contributed by atoms with Gasteiger partial charge < -0.3 is 10.1 Å². The van der Waals surface area contributed by atoms with Crippen molar-refractivity contribution in [3.05, 3.63) is 64.4 Å². The van der Waals surface area contributed by atoms with E-state index in [1.54, 1.807) is 36.4 Å². The van der Waals surface area contributed by atoms with Gasteiger partial charge in [0.15, 0.2) is 6.10 Å². The van der Waals surface area contributed by atoms with Crippen molar-refractivity contribution >= 4 is 17.5 Å². The topological polar surface area (TPSA) is 38.3 Å². The highest BCUT2D eigenvalue weighted by Gasteiger charge is 2.29. The Balaban J connectivity index is 1.62. The molecule has 0 spiro atoms. The zero-order chi connectivity index (χ0) is 14.8. The summed E-state index contributed by atoms with van der Waals surface area (Å²) in [5, 5.41) is 3.31. The highest BCUT2D eigenvalue weighted by Crippen LogP contribution is 2.31. The van der Waals surface area contributed by atoms with Crippen LogP contribution in [0.1, 0.15) is 11.1 Å². The molecule has 1 atom stereocenters. The lowest BCUT2D eigenvalue weighted by atomic mass is 10.1. The van der Waals surface area contributed by atoms with Gasteiger partial charge in [-0.15, -0.1) is 0 Å². The van der Waals surface area contributed by atoms with Gasteiger partial charge in [0.1, 0.15) is 11.6 Å². The van der Waals surface area contributed by atoms with Crippen molar-refractivity contribution in [2.24, 2.45) is 0 Å². The summed E-state index contributed by atoms with van der Waals surface area (Å²) in [5.41, 5.74) is 1.36. The molecule has 1 heterocycles. The number of carbonyl (C=O) groups excluding carboxylic acids is 1. The molecule has 0 bridgehead atoms. The first-order valence-electron chi connectivity index (χ1n) is 6.59. The predicted molar refractivity (Wildman–Crippen MR) is 77.8 cm³/mol. The maximum absolute atomic E-state index is 13.5. The van der Waals surface area contributed by atoms with E-state index in [4.69, 9.17) is 16.3 Å². The summed E-state index contributed by atoms with van der Waals surface area (Å²) in [7, 11) is 0. The van der Waals surface area contributed by atoms with E-state index in [9.17, 15) is 9.18 Å². The first-order valence-corrected chi connectivity index (χ1v) is 6.97. The first-order chi connectivity index (χ1) is 10.1. The van der Waals surface area contributed by atoms with Crippen LogP contribution in [-0.4, -0.2) is 12.0 Å². The fourth-order valence-corrected chi connectivity index (χ4v) is 2.50. The Morgan fingerprint density at radius 1 is 1.33 bits per heavy atom. The summed E-state index contributed by atoms with van der Waals surface area (Å²) < 4.78 is 19.1. The minimum atomic E-state index is -0.592. The molecular formula is C16H13ClFNO2.